The van der Waals surface area contributed by atoms with Crippen LogP contribution in [0.25, 0.3) is 0 Å². The number of aromatic nitrogens is 1. The normalized spacial score (nSPS) is 13.6. The molecular formula is C27H32N4O4. The second-order valence-corrected chi connectivity index (χ2v) is 8.22. The Bertz CT molecular complexity index is 1150. The maximum Gasteiger partial charge on any atom is 0.217 e. The summed E-state index contributed by atoms with van der Waals surface area (Å²) in [7, 11) is 3.26. The SMILES string of the molecule is COc1ccc(CCOc2cc(NN=Cc3cccc(C)c3)cc(N3CCOCC3)n2)cc1OC. The highest BCUT2D eigenvalue weighted by atomic mass is 16.5. The lowest BCUT2D eigenvalue weighted by Crippen LogP contribution is -2.36. The van der Waals surface area contributed by atoms with Gasteiger partial charge in [0.2, 0.25) is 5.88 Å². The molecule has 0 radical (unpaired) electrons. The molecule has 184 valence electrons. The quantitative estimate of drug-likeness (QED) is 0.345. The maximum absolute atomic E-state index is 6.06. The molecule has 2 aromatic carbocycles. The summed E-state index contributed by atoms with van der Waals surface area (Å²) in [5.41, 5.74) is 7.26. The molecule has 3 aromatic rings. The van der Waals surface area contributed by atoms with E-state index in [1.54, 1.807) is 20.4 Å². The number of pyridine rings is 1. The fraction of sp³-hybridized carbons (Fsp3) is 0.333. The molecule has 8 heteroatoms. The van der Waals surface area contributed by atoms with Gasteiger partial charge in [0, 0.05) is 31.6 Å². The number of hydrogen-bond donors (Lipinski definition) is 1. The van der Waals surface area contributed by atoms with Crippen LogP contribution in [0.15, 0.2) is 59.7 Å². The summed E-state index contributed by atoms with van der Waals surface area (Å²) in [5.74, 6) is 2.79. The van der Waals surface area contributed by atoms with Crippen molar-refractivity contribution in [1.29, 1.82) is 0 Å². The van der Waals surface area contributed by atoms with Gasteiger partial charge in [0.05, 0.1) is 45.9 Å². The van der Waals surface area contributed by atoms with Gasteiger partial charge in [0.15, 0.2) is 11.5 Å². The molecule has 1 fully saturated rings. The van der Waals surface area contributed by atoms with E-state index in [1.165, 1.54) is 5.56 Å². The number of anilines is 2. The van der Waals surface area contributed by atoms with Gasteiger partial charge in [0.1, 0.15) is 5.82 Å². The number of nitrogens with one attached hydrogen (secondary N) is 1. The summed E-state index contributed by atoms with van der Waals surface area (Å²) in [6.45, 7) is 5.47. The molecule has 1 aliphatic rings. The molecule has 1 N–H and O–H groups in total. The van der Waals surface area contributed by atoms with Gasteiger partial charge in [-0.1, -0.05) is 35.9 Å². The van der Waals surface area contributed by atoms with Crippen molar-refractivity contribution in [3.05, 3.63) is 71.3 Å². The molecule has 0 saturated carbocycles. The Morgan fingerprint density at radius 2 is 1.86 bits per heavy atom. The third-order valence-electron chi connectivity index (χ3n) is 5.66. The Balaban J connectivity index is 1.46. The van der Waals surface area contributed by atoms with E-state index in [2.05, 4.69) is 34.5 Å². The Morgan fingerprint density at radius 3 is 2.63 bits per heavy atom. The first-order chi connectivity index (χ1) is 17.1. The number of hydrogen-bond acceptors (Lipinski definition) is 8. The van der Waals surface area contributed by atoms with E-state index in [-0.39, 0.29) is 0 Å². The Hall–Kier alpha value is -3.78. The van der Waals surface area contributed by atoms with E-state index in [0.717, 1.165) is 35.7 Å². The van der Waals surface area contributed by atoms with Gasteiger partial charge in [0.25, 0.3) is 0 Å². The van der Waals surface area contributed by atoms with Crippen molar-refractivity contribution in [2.75, 3.05) is 57.5 Å². The molecule has 0 aliphatic carbocycles. The number of rotatable bonds is 10. The highest BCUT2D eigenvalue weighted by molar-refractivity contribution is 5.80. The third kappa shape index (κ3) is 6.86. The van der Waals surface area contributed by atoms with Crippen LogP contribution in [0.5, 0.6) is 17.4 Å². The van der Waals surface area contributed by atoms with Gasteiger partial charge >= 0.3 is 0 Å². The van der Waals surface area contributed by atoms with E-state index in [4.69, 9.17) is 23.9 Å². The number of nitrogens with zero attached hydrogens (tertiary/aromatic N) is 3. The summed E-state index contributed by atoms with van der Waals surface area (Å²) in [4.78, 5) is 6.93. The predicted molar refractivity (Wildman–Crippen MR) is 138 cm³/mol. The second-order valence-electron chi connectivity index (χ2n) is 8.22. The van der Waals surface area contributed by atoms with Gasteiger partial charge < -0.3 is 23.8 Å². The summed E-state index contributed by atoms with van der Waals surface area (Å²) in [6.07, 6.45) is 2.51. The van der Waals surface area contributed by atoms with E-state index in [9.17, 15) is 0 Å². The number of morpholine rings is 1. The van der Waals surface area contributed by atoms with Crippen molar-refractivity contribution in [1.82, 2.24) is 4.98 Å². The van der Waals surface area contributed by atoms with Gasteiger partial charge in [-0.2, -0.15) is 10.1 Å². The zero-order valence-electron chi connectivity index (χ0n) is 20.5. The molecule has 4 rings (SSSR count). The van der Waals surface area contributed by atoms with E-state index < -0.39 is 0 Å². The van der Waals surface area contributed by atoms with Crippen LogP contribution in [0.3, 0.4) is 0 Å². The topological polar surface area (TPSA) is 77.4 Å². The van der Waals surface area contributed by atoms with Crippen LogP contribution in [0.4, 0.5) is 11.5 Å². The molecule has 0 amide bonds. The summed E-state index contributed by atoms with van der Waals surface area (Å²) in [5, 5.41) is 4.42. The summed E-state index contributed by atoms with van der Waals surface area (Å²) in [6, 6.07) is 17.9. The second kappa shape index (κ2) is 12.1. The molecule has 0 bridgehead atoms. The highest BCUT2D eigenvalue weighted by Crippen LogP contribution is 2.28. The minimum atomic E-state index is 0.473. The van der Waals surface area contributed by atoms with Crippen LogP contribution in [-0.2, 0) is 11.2 Å². The van der Waals surface area contributed by atoms with Crippen LogP contribution >= 0.6 is 0 Å². The zero-order chi connectivity index (χ0) is 24.5. The lowest BCUT2D eigenvalue weighted by Gasteiger charge is -2.28. The number of methoxy groups -OCH3 is 2. The van der Waals surface area contributed by atoms with Crippen LogP contribution in [-0.4, -0.2) is 58.3 Å². The molecular weight excluding hydrogens is 444 g/mol. The average Bonchev–Trinajstić information content (AvgIpc) is 2.89. The molecule has 1 saturated heterocycles. The Morgan fingerprint density at radius 1 is 1.03 bits per heavy atom. The smallest absolute Gasteiger partial charge is 0.217 e. The van der Waals surface area contributed by atoms with Gasteiger partial charge in [-0.25, -0.2) is 0 Å². The predicted octanol–water partition coefficient (Wildman–Crippen LogP) is 4.31. The number of ether oxygens (including phenoxy) is 4. The molecule has 1 aromatic heterocycles. The summed E-state index contributed by atoms with van der Waals surface area (Å²) < 4.78 is 22.3. The first-order valence-corrected chi connectivity index (χ1v) is 11.7. The largest absolute Gasteiger partial charge is 0.493 e. The standard InChI is InChI=1S/C27H32N4O4/c1-20-5-4-6-22(15-20)19-28-30-23-17-26(31-10-13-34-14-11-31)29-27(18-23)35-12-9-21-7-8-24(32-2)25(16-21)33-3/h4-8,15-19H,9-14H2,1-3H3,(H,29,30). The Labute approximate surface area is 206 Å². The average molecular weight is 477 g/mol. The van der Waals surface area contributed by atoms with E-state index in [1.807, 2.05) is 42.5 Å². The molecule has 0 unspecified atom stereocenters. The Kier molecular flexibility index (Phi) is 8.40. The highest BCUT2D eigenvalue weighted by Gasteiger charge is 2.15. The monoisotopic (exact) mass is 476 g/mol. The first-order valence-electron chi connectivity index (χ1n) is 11.7. The van der Waals surface area contributed by atoms with Crippen molar-refractivity contribution in [2.45, 2.75) is 13.3 Å². The van der Waals surface area contributed by atoms with Crippen molar-refractivity contribution in [3.63, 3.8) is 0 Å². The zero-order valence-corrected chi connectivity index (χ0v) is 20.5. The maximum atomic E-state index is 6.06. The van der Waals surface area contributed by atoms with Crippen molar-refractivity contribution in [2.24, 2.45) is 5.10 Å². The fourth-order valence-electron chi connectivity index (χ4n) is 3.83. The summed E-state index contributed by atoms with van der Waals surface area (Å²) >= 11 is 0. The van der Waals surface area contributed by atoms with Gasteiger partial charge in [-0.05, 0) is 30.2 Å². The molecule has 0 atom stereocenters. The lowest BCUT2D eigenvalue weighted by atomic mass is 10.1. The fourth-order valence-corrected chi connectivity index (χ4v) is 3.83. The molecule has 0 spiro atoms. The van der Waals surface area contributed by atoms with Crippen molar-refractivity contribution >= 4 is 17.7 Å². The van der Waals surface area contributed by atoms with Crippen LogP contribution < -0.4 is 24.5 Å². The number of aryl methyl sites for hydroxylation is 1. The minimum Gasteiger partial charge on any atom is -0.493 e. The van der Waals surface area contributed by atoms with E-state index in [0.29, 0.717) is 43.6 Å². The minimum absolute atomic E-state index is 0.473. The molecule has 35 heavy (non-hydrogen) atoms. The number of benzene rings is 2. The third-order valence-corrected chi connectivity index (χ3v) is 5.66. The first kappa shape index (κ1) is 24.3. The van der Waals surface area contributed by atoms with Gasteiger partial charge in [-0.3, -0.25) is 5.43 Å². The lowest BCUT2D eigenvalue weighted by molar-refractivity contribution is 0.122. The van der Waals surface area contributed by atoms with E-state index >= 15 is 0 Å². The van der Waals surface area contributed by atoms with Crippen LogP contribution in [0.2, 0.25) is 0 Å². The van der Waals surface area contributed by atoms with Crippen LogP contribution in [0, 0.1) is 6.92 Å². The molecule has 8 nitrogen and oxygen atoms in total. The molecule has 2 heterocycles. The van der Waals surface area contributed by atoms with Crippen molar-refractivity contribution < 1.29 is 18.9 Å². The molecule has 1 aliphatic heterocycles. The van der Waals surface area contributed by atoms with Gasteiger partial charge in [-0.15, -0.1) is 0 Å². The van der Waals surface area contributed by atoms with Crippen molar-refractivity contribution in [3.8, 4) is 17.4 Å². The van der Waals surface area contributed by atoms with Crippen LogP contribution in [0.1, 0.15) is 16.7 Å². The number of hydrazone groups is 1.